The van der Waals surface area contributed by atoms with Gasteiger partial charge in [-0.2, -0.15) is 4.31 Å². The standard InChI is InChI=1S/C20H22ClNO4S/c1-14-2-3-15(13-20(23)24)12-19(14)27(25,26)22-10-8-17(9-11-22)16-4-6-18(21)7-5-16/h2-7,12,17H,8-11,13H2,1H3,(H,23,24). The van der Waals surface area contributed by atoms with Crippen LogP contribution in [0.2, 0.25) is 5.02 Å². The molecule has 144 valence electrons. The van der Waals surface area contributed by atoms with Gasteiger partial charge >= 0.3 is 5.97 Å². The maximum Gasteiger partial charge on any atom is 0.307 e. The first-order valence-corrected chi connectivity index (χ1v) is 10.7. The molecule has 0 amide bonds. The summed E-state index contributed by atoms with van der Waals surface area (Å²) in [6.07, 6.45) is 1.30. The van der Waals surface area contributed by atoms with Crippen LogP contribution in [0, 0.1) is 6.92 Å². The predicted molar refractivity (Wildman–Crippen MR) is 105 cm³/mol. The zero-order chi connectivity index (χ0) is 19.6. The quantitative estimate of drug-likeness (QED) is 0.816. The number of benzene rings is 2. The number of hydrogen-bond acceptors (Lipinski definition) is 3. The van der Waals surface area contributed by atoms with Gasteiger partial charge in [-0.05, 0) is 60.6 Å². The molecule has 1 heterocycles. The van der Waals surface area contributed by atoms with Gasteiger partial charge in [-0.1, -0.05) is 35.9 Å². The van der Waals surface area contributed by atoms with E-state index >= 15 is 0 Å². The molecule has 0 aromatic heterocycles. The van der Waals surface area contributed by atoms with Gasteiger partial charge < -0.3 is 5.11 Å². The third-order valence-electron chi connectivity index (χ3n) is 5.02. The second-order valence-corrected chi connectivity index (χ2v) is 9.24. The highest BCUT2D eigenvalue weighted by Gasteiger charge is 2.31. The summed E-state index contributed by atoms with van der Waals surface area (Å²) in [5.74, 6) is -0.667. The molecule has 0 atom stereocenters. The minimum absolute atomic E-state index is 0.193. The number of piperidine rings is 1. The van der Waals surface area contributed by atoms with Gasteiger partial charge in [0.15, 0.2) is 0 Å². The Labute approximate surface area is 164 Å². The molecule has 2 aromatic carbocycles. The fourth-order valence-electron chi connectivity index (χ4n) is 3.51. The fraction of sp³-hybridized carbons (Fsp3) is 0.350. The van der Waals surface area contributed by atoms with Crippen LogP contribution in [0.15, 0.2) is 47.4 Å². The Balaban J connectivity index is 1.77. The van der Waals surface area contributed by atoms with E-state index in [9.17, 15) is 13.2 Å². The van der Waals surface area contributed by atoms with Crippen LogP contribution in [-0.2, 0) is 21.2 Å². The Morgan fingerprint density at radius 2 is 1.78 bits per heavy atom. The molecule has 7 heteroatoms. The van der Waals surface area contributed by atoms with E-state index in [1.54, 1.807) is 19.1 Å². The van der Waals surface area contributed by atoms with E-state index in [0.717, 1.165) is 12.8 Å². The SMILES string of the molecule is Cc1ccc(CC(=O)O)cc1S(=O)(=O)N1CCC(c2ccc(Cl)cc2)CC1. The molecule has 1 aliphatic rings. The lowest BCUT2D eigenvalue weighted by Crippen LogP contribution is -2.38. The molecule has 27 heavy (non-hydrogen) atoms. The van der Waals surface area contributed by atoms with Gasteiger partial charge in [0.25, 0.3) is 0 Å². The maximum absolute atomic E-state index is 13.1. The molecule has 2 aromatic rings. The summed E-state index contributed by atoms with van der Waals surface area (Å²) in [6, 6.07) is 12.5. The van der Waals surface area contributed by atoms with Gasteiger partial charge in [0, 0.05) is 18.1 Å². The van der Waals surface area contributed by atoms with Crippen LogP contribution in [0.3, 0.4) is 0 Å². The number of nitrogens with zero attached hydrogens (tertiary/aromatic N) is 1. The monoisotopic (exact) mass is 407 g/mol. The van der Waals surface area contributed by atoms with E-state index < -0.39 is 16.0 Å². The highest BCUT2D eigenvalue weighted by Crippen LogP contribution is 2.32. The third-order valence-corrected chi connectivity index (χ3v) is 7.31. The highest BCUT2D eigenvalue weighted by molar-refractivity contribution is 7.89. The molecule has 1 N–H and O–H groups in total. The van der Waals surface area contributed by atoms with Gasteiger partial charge in [0.05, 0.1) is 11.3 Å². The van der Waals surface area contributed by atoms with Crippen molar-refractivity contribution in [2.75, 3.05) is 13.1 Å². The molecular formula is C20H22ClNO4S. The summed E-state index contributed by atoms with van der Waals surface area (Å²) >= 11 is 5.94. The van der Waals surface area contributed by atoms with E-state index in [-0.39, 0.29) is 11.3 Å². The number of rotatable bonds is 5. The lowest BCUT2D eigenvalue weighted by molar-refractivity contribution is -0.136. The normalized spacial score (nSPS) is 16.4. The second kappa shape index (κ2) is 8.00. The Morgan fingerprint density at radius 1 is 1.15 bits per heavy atom. The summed E-state index contributed by atoms with van der Waals surface area (Å²) in [4.78, 5) is 11.1. The second-order valence-electron chi connectivity index (χ2n) is 6.90. The van der Waals surface area contributed by atoms with Crippen molar-refractivity contribution in [3.05, 3.63) is 64.2 Å². The van der Waals surface area contributed by atoms with Crippen molar-refractivity contribution in [1.82, 2.24) is 4.31 Å². The number of carboxylic acid groups (broad SMARTS) is 1. The molecule has 5 nitrogen and oxygen atoms in total. The highest BCUT2D eigenvalue weighted by atomic mass is 35.5. The smallest absolute Gasteiger partial charge is 0.307 e. The van der Waals surface area contributed by atoms with Gasteiger partial charge in [-0.15, -0.1) is 0 Å². The molecule has 0 spiro atoms. The lowest BCUT2D eigenvalue weighted by Gasteiger charge is -2.32. The number of hydrogen-bond donors (Lipinski definition) is 1. The van der Waals surface area contributed by atoms with Crippen LogP contribution in [0.5, 0.6) is 0 Å². The fourth-order valence-corrected chi connectivity index (χ4v) is 5.38. The van der Waals surface area contributed by atoms with Crippen molar-refractivity contribution in [1.29, 1.82) is 0 Å². The van der Waals surface area contributed by atoms with E-state index in [0.29, 0.717) is 35.2 Å². The van der Waals surface area contributed by atoms with Crippen molar-refractivity contribution in [3.8, 4) is 0 Å². The van der Waals surface area contributed by atoms with E-state index in [1.807, 2.05) is 24.3 Å². The van der Waals surface area contributed by atoms with Crippen LogP contribution in [0.4, 0.5) is 0 Å². The van der Waals surface area contributed by atoms with Gasteiger partial charge in [-0.3, -0.25) is 4.79 Å². The molecule has 0 unspecified atom stereocenters. The molecule has 0 radical (unpaired) electrons. The first-order valence-electron chi connectivity index (χ1n) is 8.84. The van der Waals surface area contributed by atoms with Crippen LogP contribution in [-0.4, -0.2) is 36.9 Å². The van der Waals surface area contributed by atoms with Crippen molar-refractivity contribution in [2.45, 2.75) is 37.0 Å². The number of carbonyl (C=O) groups is 1. The Bertz CT molecular complexity index is 933. The summed E-state index contributed by atoms with van der Waals surface area (Å²) in [5.41, 5.74) is 2.29. The molecule has 1 fully saturated rings. The van der Waals surface area contributed by atoms with Gasteiger partial charge in [0.1, 0.15) is 0 Å². The first kappa shape index (κ1) is 19.9. The van der Waals surface area contributed by atoms with E-state index in [4.69, 9.17) is 16.7 Å². The Kier molecular flexibility index (Phi) is 5.89. The molecule has 3 rings (SSSR count). The average molecular weight is 408 g/mol. The summed E-state index contributed by atoms with van der Waals surface area (Å²) in [6.45, 7) is 2.62. The molecule has 1 saturated heterocycles. The largest absolute Gasteiger partial charge is 0.481 e. The van der Waals surface area contributed by atoms with E-state index in [2.05, 4.69) is 0 Å². The van der Waals surface area contributed by atoms with Crippen molar-refractivity contribution in [3.63, 3.8) is 0 Å². The number of sulfonamides is 1. The Hall–Kier alpha value is -1.89. The average Bonchev–Trinajstić information content (AvgIpc) is 2.63. The minimum atomic E-state index is -3.64. The van der Waals surface area contributed by atoms with Gasteiger partial charge in [-0.25, -0.2) is 8.42 Å². The zero-order valence-corrected chi connectivity index (χ0v) is 16.6. The topological polar surface area (TPSA) is 74.7 Å². The summed E-state index contributed by atoms with van der Waals surface area (Å²) < 4.78 is 27.7. The maximum atomic E-state index is 13.1. The third kappa shape index (κ3) is 4.51. The molecule has 0 saturated carbocycles. The van der Waals surface area contributed by atoms with Crippen LogP contribution in [0.25, 0.3) is 0 Å². The molecule has 1 aliphatic heterocycles. The zero-order valence-electron chi connectivity index (χ0n) is 15.1. The number of halogens is 1. The molecule has 0 bridgehead atoms. The number of aliphatic carboxylic acids is 1. The number of aryl methyl sites for hydroxylation is 1. The predicted octanol–water partition coefficient (Wildman–Crippen LogP) is 3.84. The minimum Gasteiger partial charge on any atom is -0.481 e. The molecular weight excluding hydrogens is 386 g/mol. The van der Waals surface area contributed by atoms with Crippen molar-refractivity contribution in [2.24, 2.45) is 0 Å². The lowest BCUT2D eigenvalue weighted by atomic mass is 9.90. The Morgan fingerprint density at radius 3 is 2.37 bits per heavy atom. The summed E-state index contributed by atoms with van der Waals surface area (Å²) in [7, 11) is -3.64. The van der Waals surface area contributed by atoms with Crippen LogP contribution < -0.4 is 0 Å². The van der Waals surface area contributed by atoms with Crippen LogP contribution in [0.1, 0.15) is 35.4 Å². The summed E-state index contributed by atoms with van der Waals surface area (Å²) in [5, 5.41) is 9.66. The number of carboxylic acids is 1. The molecule has 0 aliphatic carbocycles. The van der Waals surface area contributed by atoms with Crippen molar-refractivity contribution < 1.29 is 18.3 Å². The van der Waals surface area contributed by atoms with Gasteiger partial charge in [0.2, 0.25) is 10.0 Å². The van der Waals surface area contributed by atoms with Crippen molar-refractivity contribution >= 4 is 27.6 Å². The van der Waals surface area contributed by atoms with E-state index in [1.165, 1.54) is 15.9 Å². The van der Waals surface area contributed by atoms with Crippen LogP contribution >= 0.6 is 11.6 Å². The first-order chi connectivity index (χ1) is 12.8.